The molecule has 3 heteroatoms. The van der Waals surface area contributed by atoms with E-state index in [1.54, 1.807) is 12.3 Å². The van der Waals surface area contributed by atoms with Crippen LogP contribution in [0.15, 0.2) is 65.6 Å². The number of carbonyl (C=O) groups is 1. The molecule has 2 aromatic carbocycles. The number of hydrogen-bond donors (Lipinski definition) is 1. The molecule has 1 aromatic heterocycles. The summed E-state index contributed by atoms with van der Waals surface area (Å²) in [4.78, 5) is 27.0. The minimum atomic E-state index is -0.132. The lowest BCUT2D eigenvalue weighted by Gasteiger charge is -2.19. The van der Waals surface area contributed by atoms with Gasteiger partial charge in [0.2, 0.25) is 5.56 Å². The van der Waals surface area contributed by atoms with Crippen LogP contribution in [0.1, 0.15) is 47.8 Å². The van der Waals surface area contributed by atoms with E-state index in [0.29, 0.717) is 6.42 Å². The standard InChI is InChI=1S/C24H25NO2/c1-16-18(6-5-7-21(16)19-12-13-25-23(27)15-19)14-22(26)17-8-10-20(11-9-17)24(2,3)4/h5-13,15H,14H2,1-4H3,(H,25,27). The first-order valence-corrected chi connectivity index (χ1v) is 9.17. The van der Waals surface area contributed by atoms with Gasteiger partial charge in [-0.3, -0.25) is 9.59 Å². The largest absolute Gasteiger partial charge is 0.329 e. The molecule has 3 aromatic rings. The molecule has 0 aliphatic rings. The second kappa shape index (κ2) is 7.36. The summed E-state index contributed by atoms with van der Waals surface area (Å²) in [6.45, 7) is 8.48. The number of H-pyrrole nitrogens is 1. The third-order valence-corrected chi connectivity index (χ3v) is 4.96. The predicted molar refractivity (Wildman–Crippen MR) is 110 cm³/mol. The average Bonchev–Trinajstić information content (AvgIpc) is 2.63. The fraction of sp³-hybridized carbons (Fsp3) is 0.250. The topological polar surface area (TPSA) is 49.9 Å². The number of ketones is 1. The molecule has 0 saturated carbocycles. The number of aromatic amines is 1. The predicted octanol–water partition coefficient (Wildman–Crippen LogP) is 5.07. The summed E-state index contributed by atoms with van der Waals surface area (Å²) in [5, 5.41) is 0. The smallest absolute Gasteiger partial charge is 0.248 e. The van der Waals surface area contributed by atoms with Gasteiger partial charge in [0, 0.05) is 24.2 Å². The van der Waals surface area contributed by atoms with E-state index in [0.717, 1.165) is 27.8 Å². The summed E-state index contributed by atoms with van der Waals surface area (Å²) >= 11 is 0. The summed E-state index contributed by atoms with van der Waals surface area (Å²) in [6, 6.07) is 17.3. The molecule has 0 bridgehead atoms. The van der Waals surface area contributed by atoms with Gasteiger partial charge in [-0.2, -0.15) is 0 Å². The Kier molecular flexibility index (Phi) is 5.13. The maximum atomic E-state index is 12.8. The van der Waals surface area contributed by atoms with Gasteiger partial charge in [-0.1, -0.05) is 63.2 Å². The Morgan fingerprint density at radius 1 is 1.00 bits per heavy atom. The minimum Gasteiger partial charge on any atom is -0.329 e. The van der Waals surface area contributed by atoms with Crippen molar-refractivity contribution in [3.63, 3.8) is 0 Å². The van der Waals surface area contributed by atoms with Crippen molar-refractivity contribution in [3.8, 4) is 11.1 Å². The highest BCUT2D eigenvalue weighted by atomic mass is 16.1. The van der Waals surface area contributed by atoms with E-state index in [-0.39, 0.29) is 16.8 Å². The monoisotopic (exact) mass is 359 g/mol. The van der Waals surface area contributed by atoms with Gasteiger partial charge in [0.05, 0.1) is 0 Å². The van der Waals surface area contributed by atoms with Crippen LogP contribution in [0.2, 0.25) is 0 Å². The first-order valence-electron chi connectivity index (χ1n) is 9.17. The van der Waals surface area contributed by atoms with E-state index in [9.17, 15) is 9.59 Å². The SMILES string of the molecule is Cc1c(CC(=O)c2ccc(C(C)(C)C)cc2)cccc1-c1cc[nH]c(=O)c1. The highest BCUT2D eigenvalue weighted by Gasteiger charge is 2.15. The van der Waals surface area contributed by atoms with Crippen LogP contribution in [0.5, 0.6) is 0 Å². The molecule has 0 atom stereocenters. The van der Waals surface area contributed by atoms with Gasteiger partial charge < -0.3 is 4.98 Å². The quantitative estimate of drug-likeness (QED) is 0.661. The van der Waals surface area contributed by atoms with Gasteiger partial charge in [0.25, 0.3) is 0 Å². The third-order valence-electron chi connectivity index (χ3n) is 4.96. The molecule has 3 rings (SSSR count). The lowest BCUT2D eigenvalue weighted by atomic mass is 9.86. The zero-order chi connectivity index (χ0) is 19.6. The van der Waals surface area contributed by atoms with E-state index in [1.165, 1.54) is 5.56 Å². The molecule has 0 radical (unpaired) electrons. The molecule has 0 aliphatic heterocycles. The molecular weight excluding hydrogens is 334 g/mol. The number of Topliss-reactive ketones (excluding diaryl/α,β-unsaturated/α-hetero) is 1. The summed E-state index contributed by atoms with van der Waals surface area (Å²) in [6.07, 6.45) is 1.99. The van der Waals surface area contributed by atoms with Crippen molar-refractivity contribution in [2.45, 2.75) is 39.5 Å². The fourth-order valence-corrected chi connectivity index (χ4v) is 3.23. The van der Waals surface area contributed by atoms with Gasteiger partial charge in [-0.25, -0.2) is 0 Å². The van der Waals surface area contributed by atoms with Gasteiger partial charge in [0.1, 0.15) is 0 Å². The Labute approximate surface area is 160 Å². The maximum Gasteiger partial charge on any atom is 0.248 e. The van der Waals surface area contributed by atoms with Crippen LogP contribution in [0.4, 0.5) is 0 Å². The lowest BCUT2D eigenvalue weighted by molar-refractivity contribution is 0.0992. The van der Waals surface area contributed by atoms with Crippen LogP contribution in [0, 0.1) is 6.92 Å². The number of nitrogens with one attached hydrogen (secondary N) is 1. The Balaban J connectivity index is 1.87. The summed E-state index contributed by atoms with van der Waals surface area (Å²) < 4.78 is 0. The molecule has 138 valence electrons. The molecule has 1 N–H and O–H groups in total. The van der Waals surface area contributed by atoms with Gasteiger partial charge in [-0.05, 0) is 46.2 Å². The van der Waals surface area contributed by atoms with Crippen LogP contribution in [-0.4, -0.2) is 10.8 Å². The highest BCUT2D eigenvalue weighted by molar-refractivity contribution is 5.98. The zero-order valence-corrected chi connectivity index (χ0v) is 16.3. The molecule has 0 fully saturated rings. The number of carbonyl (C=O) groups excluding carboxylic acids is 1. The van der Waals surface area contributed by atoms with E-state index in [4.69, 9.17) is 0 Å². The summed E-state index contributed by atoms with van der Waals surface area (Å²) in [7, 11) is 0. The van der Waals surface area contributed by atoms with Gasteiger partial charge in [0.15, 0.2) is 5.78 Å². The van der Waals surface area contributed by atoms with Crippen LogP contribution in [0.3, 0.4) is 0 Å². The van der Waals surface area contributed by atoms with E-state index in [2.05, 4.69) is 25.8 Å². The minimum absolute atomic E-state index is 0.0695. The number of hydrogen-bond acceptors (Lipinski definition) is 2. The third kappa shape index (κ3) is 4.25. The van der Waals surface area contributed by atoms with Crippen molar-refractivity contribution in [2.75, 3.05) is 0 Å². The molecule has 0 amide bonds. The molecule has 0 spiro atoms. The Bertz CT molecular complexity index is 1020. The Morgan fingerprint density at radius 2 is 1.70 bits per heavy atom. The van der Waals surface area contributed by atoms with Crippen molar-refractivity contribution in [1.29, 1.82) is 0 Å². The first-order chi connectivity index (χ1) is 12.8. The van der Waals surface area contributed by atoms with Crippen molar-refractivity contribution in [1.82, 2.24) is 4.98 Å². The molecule has 1 heterocycles. The average molecular weight is 359 g/mol. The fourth-order valence-electron chi connectivity index (χ4n) is 3.23. The number of rotatable bonds is 4. The van der Waals surface area contributed by atoms with Crippen LogP contribution in [0.25, 0.3) is 11.1 Å². The second-order valence-corrected chi connectivity index (χ2v) is 7.96. The van der Waals surface area contributed by atoms with Crippen LogP contribution < -0.4 is 5.56 Å². The number of benzene rings is 2. The van der Waals surface area contributed by atoms with Gasteiger partial charge in [-0.15, -0.1) is 0 Å². The lowest BCUT2D eigenvalue weighted by Crippen LogP contribution is -2.12. The molecular formula is C24H25NO2. The molecule has 0 aliphatic carbocycles. The van der Waals surface area contributed by atoms with Crippen molar-refractivity contribution in [2.24, 2.45) is 0 Å². The maximum absolute atomic E-state index is 12.8. The van der Waals surface area contributed by atoms with Crippen LogP contribution in [-0.2, 0) is 11.8 Å². The Hall–Kier alpha value is -2.94. The van der Waals surface area contributed by atoms with Gasteiger partial charge >= 0.3 is 0 Å². The number of pyridine rings is 1. The number of aromatic nitrogens is 1. The summed E-state index contributed by atoms with van der Waals surface area (Å²) in [5.41, 5.74) is 5.73. The molecule has 0 saturated heterocycles. The van der Waals surface area contributed by atoms with E-state index < -0.39 is 0 Å². The zero-order valence-electron chi connectivity index (χ0n) is 16.3. The van der Waals surface area contributed by atoms with Crippen molar-refractivity contribution >= 4 is 5.78 Å². The highest BCUT2D eigenvalue weighted by Crippen LogP contribution is 2.26. The van der Waals surface area contributed by atoms with Crippen molar-refractivity contribution < 1.29 is 4.79 Å². The molecule has 0 unspecified atom stereocenters. The first kappa shape index (κ1) is 18.8. The normalized spacial score (nSPS) is 11.4. The van der Waals surface area contributed by atoms with E-state index in [1.807, 2.05) is 55.5 Å². The van der Waals surface area contributed by atoms with Crippen molar-refractivity contribution in [3.05, 3.63) is 93.4 Å². The Morgan fingerprint density at radius 3 is 2.33 bits per heavy atom. The summed E-state index contributed by atoms with van der Waals surface area (Å²) in [5.74, 6) is 0.0987. The molecule has 3 nitrogen and oxygen atoms in total. The second-order valence-electron chi connectivity index (χ2n) is 7.96. The molecule has 27 heavy (non-hydrogen) atoms. The van der Waals surface area contributed by atoms with Crippen LogP contribution >= 0.6 is 0 Å². The van der Waals surface area contributed by atoms with E-state index >= 15 is 0 Å².